The van der Waals surface area contributed by atoms with E-state index in [-0.39, 0.29) is 4.90 Å². The second kappa shape index (κ2) is 7.06. The van der Waals surface area contributed by atoms with Crippen molar-refractivity contribution in [2.24, 2.45) is 15.4 Å². The van der Waals surface area contributed by atoms with E-state index in [1.165, 1.54) is 24.3 Å². The predicted molar refractivity (Wildman–Crippen MR) is 96.7 cm³/mol. The first-order valence-corrected chi connectivity index (χ1v) is 9.44. The van der Waals surface area contributed by atoms with Crippen molar-refractivity contribution in [1.82, 2.24) is 0 Å². The zero-order chi connectivity index (χ0) is 19.7. The van der Waals surface area contributed by atoms with Gasteiger partial charge in [-0.15, -0.1) is 10.1 Å². The Morgan fingerprint density at radius 2 is 1.78 bits per heavy atom. The number of primary sulfonamides is 1. The maximum Gasteiger partial charge on any atom is 0.294 e. The van der Waals surface area contributed by atoms with Crippen molar-refractivity contribution in [2.75, 3.05) is 6.61 Å². The van der Waals surface area contributed by atoms with E-state index in [9.17, 15) is 18.5 Å². The van der Waals surface area contributed by atoms with Gasteiger partial charge in [0.05, 0.1) is 10.6 Å². The molecule has 0 amide bonds. The second-order valence-corrected chi connectivity index (χ2v) is 7.73. The zero-order valence-electron chi connectivity index (χ0n) is 13.6. The third-order valence-corrected chi connectivity index (χ3v) is 5.11. The summed E-state index contributed by atoms with van der Waals surface area (Å²) < 4.78 is 22.8. The molecular formula is C16H13ClN4O5S. The molecule has 27 heavy (non-hydrogen) atoms. The highest BCUT2D eigenvalue weighted by atomic mass is 35.5. The number of azo groups is 1. The predicted octanol–water partition coefficient (Wildman–Crippen LogP) is 2.90. The largest absolute Gasteiger partial charge is 0.311 e. The molecule has 0 fully saturated rings. The molecule has 2 aromatic rings. The summed E-state index contributed by atoms with van der Waals surface area (Å²) in [4.78, 5) is 15.1. The van der Waals surface area contributed by atoms with E-state index < -0.39 is 27.3 Å². The number of hydrogen-bond donors (Lipinski definition) is 1. The standard InChI is InChI=1S/C16H13ClN4O5S/c17-13-5-1-11(2-6-13)15-9-16(20-19-15,10-26-21(22)23)12-3-7-14(8-4-12)27(18,24)25/h1-9H,10H2,(H2,18,24,25). The first-order chi connectivity index (χ1) is 12.7. The van der Waals surface area contributed by atoms with Crippen LogP contribution in [-0.4, -0.2) is 20.1 Å². The van der Waals surface area contributed by atoms with E-state index in [0.29, 0.717) is 21.8 Å². The average molecular weight is 409 g/mol. The van der Waals surface area contributed by atoms with Gasteiger partial charge >= 0.3 is 0 Å². The summed E-state index contributed by atoms with van der Waals surface area (Å²) in [5.41, 5.74) is 0.379. The molecule has 1 aliphatic heterocycles. The van der Waals surface area contributed by atoms with Crippen molar-refractivity contribution in [1.29, 1.82) is 0 Å². The van der Waals surface area contributed by atoms with Crippen LogP contribution >= 0.6 is 11.6 Å². The summed E-state index contributed by atoms with van der Waals surface area (Å²) >= 11 is 5.88. The third kappa shape index (κ3) is 4.13. The molecular weight excluding hydrogens is 396 g/mol. The Morgan fingerprint density at radius 1 is 1.15 bits per heavy atom. The van der Waals surface area contributed by atoms with Gasteiger partial charge in [0.25, 0.3) is 5.09 Å². The monoisotopic (exact) mass is 408 g/mol. The summed E-state index contributed by atoms with van der Waals surface area (Å²) in [6.07, 6.45) is 1.62. The molecule has 1 atom stereocenters. The van der Waals surface area contributed by atoms with Gasteiger partial charge in [-0.25, -0.2) is 13.6 Å². The maximum absolute atomic E-state index is 11.4. The molecule has 0 aromatic heterocycles. The number of nitrogens with zero attached hydrogens (tertiary/aromatic N) is 3. The van der Waals surface area contributed by atoms with Gasteiger partial charge in [0, 0.05) is 10.6 Å². The molecule has 9 nitrogen and oxygen atoms in total. The third-order valence-electron chi connectivity index (χ3n) is 3.92. The normalized spacial score (nSPS) is 19.0. The maximum atomic E-state index is 11.4. The highest BCUT2D eigenvalue weighted by Crippen LogP contribution is 2.38. The van der Waals surface area contributed by atoms with Crippen LogP contribution in [0.2, 0.25) is 5.02 Å². The van der Waals surface area contributed by atoms with Crippen LogP contribution in [0.1, 0.15) is 11.1 Å². The Balaban J connectivity index is 2.02. The van der Waals surface area contributed by atoms with Crippen LogP contribution in [-0.2, 0) is 20.4 Å². The number of hydrogen-bond acceptors (Lipinski definition) is 7. The lowest BCUT2D eigenvalue weighted by atomic mass is 9.90. The van der Waals surface area contributed by atoms with Gasteiger partial charge in [-0.1, -0.05) is 35.9 Å². The fourth-order valence-electron chi connectivity index (χ4n) is 2.57. The summed E-state index contributed by atoms with van der Waals surface area (Å²) in [5, 5.41) is 23.7. The first-order valence-electron chi connectivity index (χ1n) is 7.52. The lowest BCUT2D eigenvalue weighted by Gasteiger charge is -2.21. The number of benzene rings is 2. The van der Waals surface area contributed by atoms with E-state index in [4.69, 9.17) is 16.7 Å². The van der Waals surface area contributed by atoms with Crippen LogP contribution in [0.5, 0.6) is 0 Å². The summed E-state index contributed by atoms with van der Waals surface area (Å²) in [5.74, 6) is 0. The molecule has 3 rings (SSSR count). The van der Waals surface area contributed by atoms with Crippen molar-refractivity contribution in [3.63, 3.8) is 0 Å². The van der Waals surface area contributed by atoms with Gasteiger partial charge in [-0.05, 0) is 35.9 Å². The number of halogens is 1. The van der Waals surface area contributed by atoms with Crippen LogP contribution in [0.4, 0.5) is 0 Å². The summed E-state index contributed by atoms with van der Waals surface area (Å²) in [6, 6.07) is 12.4. The SMILES string of the molecule is NS(=O)(=O)c1ccc(C2(CO[N+](=O)[O-])C=C(c3ccc(Cl)cc3)N=N2)cc1. The van der Waals surface area contributed by atoms with Gasteiger partial charge in [0.1, 0.15) is 6.61 Å². The van der Waals surface area contributed by atoms with Crippen LogP contribution in [0.3, 0.4) is 0 Å². The minimum Gasteiger partial charge on any atom is -0.311 e. The second-order valence-electron chi connectivity index (χ2n) is 5.73. The summed E-state index contributed by atoms with van der Waals surface area (Å²) in [7, 11) is -3.87. The molecule has 0 spiro atoms. The van der Waals surface area contributed by atoms with Crippen LogP contribution in [0.15, 0.2) is 69.7 Å². The van der Waals surface area contributed by atoms with E-state index >= 15 is 0 Å². The molecule has 2 N–H and O–H groups in total. The van der Waals surface area contributed by atoms with Gasteiger partial charge in [0.2, 0.25) is 10.0 Å². The first kappa shape index (κ1) is 19.0. The van der Waals surface area contributed by atoms with Crippen molar-refractivity contribution >= 4 is 27.3 Å². The minimum atomic E-state index is -3.87. The van der Waals surface area contributed by atoms with Crippen LogP contribution in [0, 0.1) is 10.1 Å². The number of rotatable bonds is 6. The molecule has 0 saturated heterocycles. The fraction of sp³-hybridized carbons (Fsp3) is 0.125. The lowest BCUT2D eigenvalue weighted by Crippen LogP contribution is -2.27. The number of nitrogens with two attached hydrogens (primary N) is 1. The average Bonchev–Trinajstić information content (AvgIpc) is 3.06. The summed E-state index contributed by atoms with van der Waals surface area (Å²) in [6.45, 7) is -0.421. The molecule has 0 radical (unpaired) electrons. The topological polar surface area (TPSA) is 137 Å². The molecule has 2 aromatic carbocycles. The quantitative estimate of drug-likeness (QED) is 0.578. The van der Waals surface area contributed by atoms with Crippen molar-refractivity contribution in [3.05, 3.63) is 80.9 Å². The van der Waals surface area contributed by atoms with E-state index in [2.05, 4.69) is 15.1 Å². The minimum absolute atomic E-state index is 0.0894. The van der Waals surface area contributed by atoms with E-state index in [0.717, 1.165) is 0 Å². The molecule has 0 bridgehead atoms. The van der Waals surface area contributed by atoms with Gasteiger partial charge in [0.15, 0.2) is 5.54 Å². The molecule has 1 aliphatic rings. The molecule has 140 valence electrons. The highest BCUT2D eigenvalue weighted by Gasteiger charge is 2.36. The fourth-order valence-corrected chi connectivity index (χ4v) is 3.21. The Hall–Kier alpha value is -2.82. The van der Waals surface area contributed by atoms with Crippen molar-refractivity contribution in [3.8, 4) is 0 Å². The van der Waals surface area contributed by atoms with Crippen LogP contribution in [0.25, 0.3) is 5.70 Å². The molecule has 0 aliphatic carbocycles. The van der Waals surface area contributed by atoms with Crippen molar-refractivity contribution in [2.45, 2.75) is 10.4 Å². The van der Waals surface area contributed by atoms with Gasteiger partial charge in [-0.2, -0.15) is 10.2 Å². The Labute approximate surface area is 159 Å². The molecule has 0 saturated carbocycles. The Morgan fingerprint density at radius 3 is 2.33 bits per heavy atom. The van der Waals surface area contributed by atoms with Gasteiger partial charge < -0.3 is 4.84 Å². The van der Waals surface area contributed by atoms with E-state index in [1.54, 1.807) is 30.3 Å². The van der Waals surface area contributed by atoms with Gasteiger partial charge in [-0.3, -0.25) is 0 Å². The molecule has 1 heterocycles. The highest BCUT2D eigenvalue weighted by molar-refractivity contribution is 7.89. The lowest BCUT2D eigenvalue weighted by molar-refractivity contribution is -0.759. The molecule has 11 heteroatoms. The Bertz CT molecular complexity index is 1040. The van der Waals surface area contributed by atoms with E-state index in [1.807, 2.05) is 0 Å². The van der Waals surface area contributed by atoms with Crippen molar-refractivity contribution < 1.29 is 18.3 Å². The Kier molecular flexibility index (Phi) is 4.96. The smallest absolute Gasteiger partial charge is 0.294 e. The van der Waals surface area contributed by atoms with Crippen LogP contribution < -0.4 is 5.14 Å². The molecule has 1 unspecified atom stereocenters. The number of sulfonamides is 1. The zero-order valence-corrected chi connectivity index (χ0v) is 15.2.